The number of carbonyl (C=O) groups excluding carboxylic acids is 2. The minimum absolute atomic E-state index is 0.0383. The van der Waals surface area contributed by atoms with E-state index in [4.69, 9.17) is 4.74 Å². The highest BCUT2D eigenvalue weighted by atomic mass is 32.1. The Morgan fingerprint density at radius 3 is 2.54 bits per heavy atom. The zero-order chi connectivity index (χ0) is 18.9. The molecule has 7 heteroatoms. The van der Waals surface area contributed by atoms with Gasteiger partial charge in [-0.05, 0) is 37.0 Å². The summed E-state index contributed by atoms with van der Waals surface area (Å²) in [6, 6.07) is 11.1. The normalized spacial score (nSPS) is 11.8. The Labute approximate surface area is 158 Å². The molecule has 0 saturated heterocycles. The third-order valence-corrected chi connectivity index (χ3v) is 4.97. The smallest absolute Gasteiger partial charge is 0.238 e. The van der Waals surface area contributed by atoms with Crippen molar-refractivity contribution in [2.45, 2.75) is 19.9 Å². The number of methoxy groups -OCH3 is 1. The molecule has 1 aromatic heterocycles. The minimum Gasteiger partial charge on any atom is -0.495 e. The van der Waals surface area contributed by atoms with Crippen LogP contribution in [-0.4, -0.2) is 43.5 Å². The number of benzene rings is 1. The SMILES string of the molecule is CCN(CC(=O)Nc1ccccc1OC)CC(=O)N[C@H](C)c1cccs1. The Bertz CT molecular complexity index is 719. The fourth-order valence-electron chi connectivity index (χ4n) is 2.52. The van der Waals surface area contributed by atoms with Crippen molar-refractivity contribution in [1.29, 1.82) is 0 Å². The first-order valence-electron chi connectivity index (χ1n) is 8.51. The first-order valence-corrected chi connectivity index (χ1v) is 9.39. The van der Waals surface area contributed by atoms with E-state index < -0.39 is 0 Å². The predicted molar refractivity (Wildman–Crippen MR) is 105 cm³/mol. The molecule has 0 unspecified atom stereocenters. The number of hydrogen-bond acceptors (Lipinski definition) is 5. The summed E-state index contributed by atoms with van der Waals surface area (Å²) in [5.74, 6) is 0.319. The number of amides is 2. The van der Waals surface area contributed by atoms with Crippen LogP contribution in [0.25, 0.3) is 0 Å². The van der Waals surface area contributed by atoms with E-state index in [-0.39, 0.29) is 30.9 Å². The minimum atomic E-state index is -0.185. The number of thiophene rings is 1. The molecule has 1 aromatic carbocycles. The Hall–Kier alpha value is -2.38. The molecular weight excluding hydrogens is 350 g/mol. The summed E-state index contributed by atoms with van der Waals surface area (Å²) in [4.78, 5) is 27.5. The second kappa shape index (κ2) is 9.94. The highest BCUT2D eigenvalue weighted by molar-refractivity contribution is 7.10. The van der Waals surface area contributed by atoms with Crippen LogP contribution in [0.3, 0.4) is 0 Å². The number of nitrogens with one attached hydrogen (secondary N) is 2. The summed E-state index contributed by atoms with van der Waals surface area (Å²) in [6.07, 6.45) is 0. The average Bonchev–Trinajstić information content (AvgIpc) is 3.16. The largest absolute Gasteiger partial charge is 0.495 e. The summed E-state index contributed by atoms with van der Waals surface area (Å²) in [7, 11) is 1.56. The molecule has 0 saturated carbocycles. The van der Waals surface area contributed by atoms with Gasteiger partial charge in [0.05, 0.1) is 31.9 Å². The highest BCUT2D eigenvalue weighted by Gasteiger charge is 2.16. The molecule has 0 fully saturated rings. The van der Waals surface area contributed by atoms with Gasteiger partial charge in [-0.1, -0.05) is 25.1 Å². The Kier molecular flexibility index (Phi) is 7.62. The lowest BCUT2D eigenvalue weighted by Crippen LogP contribution is -2.41. The second-order valence-corrected chi connectivity index (χ2v) is 6.84. The van der Waals surface area contributed by atoms with E-state index in [1.165, 1.54) is 0 Å². The van der Waals surface area contributed by atoms with E-state index in [0.717, 1.165) is 4.88 Å². The van der Waals surface area contributed by atoms with Gasteiger partial charge in [-0.2, -0.15) is 0 Å². The summed E-state index contributed by atoms with van der Waals surface area (Å²) >= 11 is 1.61. The average molecular weight is 375 g/mol. The maximum Gasteiger partial charge on any atom is 0.238 e. The quantitative estimate of drug-likeness (QED) is 0.707. The van der Waals surface area contributed by atoms with Gasteiger partial charge in [-0.25, -0.2) is 0 Å². The molecule has 6 nitrogen and oxygen atoms in total. The third kappa shape index (κ3) is 5.86. The number of likely N-dealkylation sites (N-methyl/N-ethyl adjacent to an activating group) is 1. The molecule has 140 valence electrons. The summed E-state index contributed by atoms with van der Waals surface area (Å²) < 4.78 is 5.23. The molecule has 2 rings (SSSR count). The van der Waals surface area contributed by atoms with Gasteiger partial charge in [-0.3, -0.25) is 14.5 Å². The van der Waals surface area contributed by atoms with Crippen LogP contribution in [0.4, 0.5) is 5.69 Å². The van der Waals surface area contributed by atoms with E-state index in [1.54, 1.807) is 35.5 Å². The lowest BCUT2D eigenvalue weighted by atomic mass is 10.2. The van der Waals surface area contributed by atoms with Crippen LogP contribution in [0.1, 0.15) is 24.8 Å². The van der Waals surface area contributed by atoms with Crippen LogP contribution in [0.5, 0.6) is 5.75 Å². The number of ether oxygens (including phenoxy) is 1. The summed E-state index contributed by atoms with van der Waals surface area (Å²) in [6.45, 7) is 4.78. The zero-order valence-corrected chi connectivity index (χ0v) is 16.1. The van der Waals surface area contributed by atoms with Crippen molar-refractivity contribution in [1.82, 2.24) is 10.2 Å². The molecule has 0 aliphatic rings. The van der Waals surface area contributed by atoms with E-state index in [9.17, 15) is 9.59 Å². The number of para-hydroxylation sites is 2. The number of anilines is 1. The topological polar surface area (TPSA) is 70.7 Å². The lowest BCUT2D eigenvalue weighted by Gasteiger charge is -2.21. The Morgan fingerprint density at radius 1 is 1.15 bits per heavy atom. The fourth-order valence-corrected chi connectivity index (χ4v) is 3.25. The number of carbonyl (C=O) groups is 2. The van der Waals surface area contributed by atoms with Crippen molar-refractivity contribution >= 4 is 28.8 Å². The van der Waals surface area contributed by atoms with Crippen molar-refractivity contribution in [3.8, 4) is 5.75 Å². The molecule has 0 radical (unpaired) electrons. The van der Waals surface area contributed by atoms with Gasteiger partial charge >= 0.3 is 0 Å². The molecule has 0 bridgehead atoms. The summed E-state index contributed by atoms with van der Waals surface area (Å²) in [5.41, 5.74) is 0.617. The molecule has 0 aliphatic carbocycles. The predicted octanol–water partition coefficient (Wildman–Crippen LogP) is 2.89. The number of hydrogen-bond donors (Lipinski definition) is 2. The maximum atomic E-state index is 12.3. The summed E-state index contributed by atoms with van der Waals surface area (Å²) in [5, 5.41) is 7.78. The van der Waals surface area contributed by atoms with Crippen LogP contribution in [0.2, 0.25) is 0 Å². The van der Waals surface area contributed by atoms with Gasteiger partial charge in [0.15, 0.2) is 0 Å². The van der Waals surface area contributed by atoms with Crippen molar-refractivity contribution in [2.24, 2.45) is 0 Å². The molecule has 26 heavy (non-hydrogen) atoms. The molecule has 2 N–H and O–H groups in total. The van der Waals surface area contributed by atoms with Crippen molar-refractivity contribution < 1.29 is 14.3 Å². The van der Waals surface area contributed by atoms with Crippen molar-refractivity contribution in [2.75, 3.05) is 32.1 Å². The number of rotatable bonds is 9. The van der Waals surface area contributed by atoms with Crippen LogP contribution in [0, 0.1) is 0 Å². The van der Waals surface area contributed by atoms with Crippen molar-refractivity contribution in [3.63, 3.8) is 0 Å². The van der Waals surface area contributed by atoms with Gasteiger partial charge in [0, 0.05) is 4.88 Å². The second-order valence-electron chi connectivity index (χ2n) is 5.86. The molecule has 2 amide bonds. The molecular formula is C19H25N3O3S. The molecule has 1 heterocycles. The third-order valence-electron chi connectivity index (χ3n) is 3.91. The first kappa shape index (κ1) is 19.9. The van der Waals surface area contributed by atoms with E-state index in [0.29, 0.717) is 18.0 Å². The van der Waals surface area contributed by atoms with Crippen LogP contribution >= 0.6 is 11.3 Å². The highest BCUT2D eigenvalue weighted by Crippen LogP contribution is 2.22. The number of nitrogens with zero attached hydrogens (tertiary/aromatic N) is 1. The standard InChI is InChI=1S/C19H25N3O3S/c1-4-22(12-18(23)20-14(2)17-10-7-11-26-17)13-19(24)21-15-8-5-6-9-16(15)25-3/h5-11,14H,4,12-13H2,1-3H3,(H,20,23)(H,21,24)/t14-/m1/s1. The molecule has 0 aliphatic heterocycles. The van der Waals surface area contributed by atoms with Gasteiger partial charge in [0.2, 0.25) is 11.8 Å². The van der Waals surface area contributed by atoms with E-state index >= 15 is 0 Å². The zero-order valence-electron chi connectivity index (χ0n) is 15.3. The Balaban J connectivity index is 1.86. The Morgan fingerprint density at radius 2 is 1.88 bits per heavy atom. The van der Waals surface area contributed by atoms with E-state index in [2.05, 4.69) is 10.6 Å². The molecule has 1 atom stereocenters. The monoisotopic (exact) mass is 375 g/mol. The molecule has 0 spiro atoms. The van der Waals surface area contributed by atoms with Gasteiger partial charge in [-0.15, -0.1) is 11.3 Å². The van der Waals surface area contributed by atoms with Crippen LogP contribution in [0.15, 0.2) is 41.8 Å². The van der Waals surface area contributed by atoms with E-state index in [1.807, 2.05) is 43.5 Å². The maximum absolute atomic E-state index is 12.3. The van der Waals surface area contributed by atoms with Gasteiger partial charge in [0.1, 0.15) is 5.75 Å². The van der Waals surface area contributed by atoms with Crippen LogP contribution in [-0.2, 0) is 9.59 Å². The lowest BCUT2D eigenvalue weighted by molar-refractivity contribution is -0.123. The van der Waals surface area contributed by atoms with Crippen LogP contribution < -0.4 is 15.4 Å². The fraction of sp³-hybridized carbons (Fsp3) is 0.368. The van der Waals surface area contributed by atoms with Crippen molar-refractivity contribution in [3.05, 3.63) is 46.7 Å². The van der Waals surface area contributed by atoms with Gasteiger partial charge in [0.25, 0.3) is 0 Å². The molecule has 2 aromatic rings. The first-order chi connectivity index (χ1) is 12.5. The van der Waals surface area contributed by atoms with Gasteiger partial charge < -0.3 is 15.4 Å².